The Morgan fingerprint density at radius 3 is 2.53 bits per heavy atom. The van der Waals surface area contributed by atoms with Crippen LogP contribution in [0.5, 0.6) is 5.75 Å². The number of aliphatic hydroxyl groups is 3. The fraction of sp³-hybridized carbons (Fsp3) is 0.500. The Hall–Kier alpha value is -1.14. The molecule has 94 valence electrons. The van der Waals surface area contributed by atoms with Gasteiger partial charge in [0, 0.05) is 6.42 Å². The molecule has 0 aliphatic carbocycles. The summed E-state index contributed by atoms with van der Waals surface area (Å²) in [6.45, 7) is -0.303. The zero-order valence-corrected chi connectivity index (χ0v) is 9.27. The molecule has 0 amide bonds. The molecule has 1 saturated heterocycles. The molecule has 1 aliphatic heterocycles. The molecule has 3 N–H and O–H groups in total. The highest BCUT2D eigenvalue weighted by molar-refractivity contribution is 5.21. The standard InChI is InChI=1S/C12H16O5/c13-7-11-9(14)6-10(15)12(17-11)16-8-4-2-1-3-5-8/h1-5,9-15H,6-7H2/t9?,10-,11+,12+/m0/s1. The second kappa shape index (κ2) is 5.46. The lowest BCUT2D eigenvalue weighted by atomic mass is 10.0. The van der Waals surface area contributed by atoms with E-state index in [0.29, 0.717) is 5.75 Å². The van der Waals surface area contributed by atoms with E-state index in [9.17, 15) is 10.2 Å². The molecule has 0 aromatic heterocycles. The van der Waals surface area contributed by atoms with Crippen molar-refractivity contribution in [3.05, 3.63) is 30.3 Å². The molecule has 1 heterocycles. The first-order valence-electron chi connectivity index (χ1n) is 5.55. The minimum atomic E-state index is -0.909. The molecule has 1 aliphatic rings. The van der Waals surface area contributed by atoms with E-state index in [2.05, 4.69) is 0 Å². The van der Waals surface area contributed by atoms with Gasteiger partial charge in [0.15, 0.2) is 0 Å². The number of hydrogen-bond donors (Lipinski definition) is 3. The Kier molecular flexibility index (Phi) is 3.96. The average molecular weight is 240 g/mol. The summed E-state index contributed by atoms with van der Waals surface area (Å²) in [4.78, 5) is 0. The molecular weight excluding hydrogens is 224 g/mol. The van der Waals surface area contributed by atoms with Crippen LogP contribution in [0.2, 0.25) is 0 Å². The fourth-order valence-electron chi connectivity index (χ4n) is 1.77. The smallest absolute Gasteiger partial charge is 0.226 e. The normalized spacial score (nSPS) is 33.4. The van der Waals surface area contributed by atoms with Crippen LogP contribution in [0.4, 0.5) is 0 Å². The molecule has 1 aromatic rings. The second-order valence-electron chi connectivity index (χ2n) is 4.03. The molecule has 17 heavy (non-hydrogen) atoms. The number of para-hydroxylation sites is 1. The van der Waals surface area contributed by atoms with Gasteiger partial charge in [0.2, 0.25) is 6.29 Å². The Bertz CT molecular complexity index is 342. The Morgan fingerprint density at radius 2 is 1.88 bits per heavy atom. The molecule has 1 aromatic carbocycles. The van der Waals surface area contributed by atoms with E-state index in [0.717, 1.165) is 0 Å². The number of ether oxygens (including phenoxy) is 2. The van der Waals surface area contributed by atoms with Gasteiger partial charge >= 0.3 is 0 Å². The Balaban J connectivity index is 2.00. The van der Waals surface area contributed by atoms with Crippen LogP contribution >= 0.6 is 0 Å². The minimum absolute atomic E-state index is 0.128. The van der Waals surface area contributed by atoms with E-state index < -0.39 is 24.6 Å². The van der Waals surface area contributed by atoms with Crippen LogP contribution in [-0.2, 0) is 4.74 Å². The fourth-order valence-corrected chi connectivity index (χ4v) is 1.77. The molecule has 5 heteroatoms. The quantitative estimate of drug-likeness (QED) is 0.687. The van der Waals surface area contributed by atoms with Crippen molar-refractivity contribution in [2.45, 2.75) is 31.0 Å². The summed E-state index contributed by atoms with van der Waals surface area (Å²) in [5, 5.41) is 28.3. The maximum absolute atomic E-state index is 9.72. The molecule has 1 unspecified atom stereocenters. The van der Waals surface area contributed by atoms with Crippen LogP contribution in [0.25, 0.3) is 0 Å². The summed E-state index contributed by atoms with van der Waals surface area (Å²) in [7, 11) is 0. The van der Waals surface area contributed by atoms with Gasteiger partial charge in [-0.3, -0.25) is 0 Å². The second-order valence-corrected chi connectivity index (χ2v) is 4.03. The number of aliphatic hydroxyl groups excluding tert-OH is 3. The van der Waals surface area contributed by atoms with Crippen molar-refractivity contribution in [3.8, 4) is 5.75 Å². The Labute approximate surface area is 99.2 Å². The third kappa shape index (κ3) is 2.95. The van der Waals surface area contributed by atoms with Crippen molar-refractivity contribution < 1.29 is 24.8 Å². The van der Waals surface area contributed by atoms with Gasteiger partial charge in [0.1, 0.15) is 18.0 Å². The average Bonchev–Trinajstić information content (AvgIpc) is 2.34. The van der Waals surface area contributed by atoms with E-state index >= 15 is 0 Å². The van der Waals surface area contributed by atoms with E-state index in [1.807, 2.05) is 18.2 Å². The summed E-state index contributed by atoms with van der Waals surface area (Å²) in [5.41, 5.74) is 0. The minimum Gasteiger partial charge on any atom is -0.462 e. The lowest BCUT2D eigenvalue weighted by molar-refractivity contribution is -0.240. The zero-order valence-electron chi connectivity index (χ0n) is 9.27. The van der Waals surface area contributed by atoms with Crippen LogP contribution in [0.3, 0.4) is 0 Å². The van der Waals surface area contributed by atoms with Crippen LogP contribution in [-0.4, -0.2) is 46.5 Å². The van der Waals surface area contributed by atoms with E-state index in [1.165, 1.54) is 0 Å². The van der Waals surface area contributed by atoms with Crippen LogP contribution in [0.1, 0.15) is 6.42 Å². The first-order chi connectivity index (χ1) is 8.20. The summed E-state index contributed by atoms with van der Waals surface area (Å²) in [6, 6.07) is 8.96. The van der Waals surface area contributed by atoms with Gasteiger partial charge in [0.25, 0.3) is 0 Å². The molecule has 0 bridgehead atoms. The molecule has 0 saturated carbocycles. The SMILES string of the molecule is OC[C@H]1O[C@@H](Oc2ccccc2)[C@@H](O)CC1O. The van der Waals surface area contributed by atoms with Crippen LogP contribution in [0.15, 0.2) is 30.3 Å². The topological polar surface area (TPSA) is 79.2 Å². The predicted molar refractivity (Wildman–Crippen MR) is 59.4 cm³/mol. The third-order valence-corrected chi connectivity index (χ3v) is 2.71. The number of rotatable bonds is 3. The lowest BCUT2D eigenvalue weighted by Crippen LogP contribution is -2.50. The van der Waals surface area contributed by atoms with Gasteiger partial charge in [-0.1, -0.05) is 18.2 Å². The lowest BCUT2D eigenvalue weighted by Gasteiger charge is -2.36. The number of hydrogen-bond acceptors (Lipinski definition) is 5. The van der Waals surface area contributed by atoms with Gasteiger partial charge in [-0.15, -0.1) is 0 Å². The van der Waals surface area contributed by atoms with Gasteiger partial charge in [0.05, 0.1) is 12.7 Å². The third-order valence-electron chi connectivity index (χ3n) is 2.71. The molecular formula is C12H16O5. The summed E-state index contributed by atoms with van der Waals surface area (Å²) >= 11 is 0. The summed E-state index contributed by atoms with van der Waals surface area (Å²) < 4.78 is 10.7. The van der Waals surface area contributed by atoms with Gasteiger partial charge in [-0.25, -0.2) is 0 Å². The van der Waals surface area contributed by atoms with Gasteiger partial charge < -0.3 is 24.8 Å². The van der Waals surface area contributed by atoms with Gasteiger partial charge in [-0.05, 0) is 12.1 Å². The maximum Gasteiger partial charge on any atom is 0.226 e. The molecule has 0 spiro atoms. The van der Waals surface area contributed by atoms with Gasteiger partial charge in [-0.2, -0.15) is 0 Å². The van der Waals surface area contributed by atoms with Crippen molar-refractivity contribution in [3.63, 3.8) is 0 Å². The molecule has 5 nitrogen and oxygen atoms in total. The number of benzene rings is 1. The molecule has 2 rings (SSSR count). The van der Waals surface area contributed by atoms with E-state index in [-0.39, 0.29) is 13.0 Å². The van der Waals surface area contributed by atoms with Crippen LogP contribution in [0, 0.1) is 0 Å². The highest BCUT2D eigenvalue weighted by Crippen LogP contribution is 2.23. The summed E-state index contributed by atoms with van der Waals surface area (Å²) in [6.07, 6.45) is -3.23. The molecule has 4 atom stereocenters. The van der Waals surface area contributed by atoms with Crippen molar-refractivity contribution in [1.29, 1.82) is 0 Å². The van der Waals surface area contributed by atoms with E-state index in [1.54, 1.807) is 12.1 Å². The highest BCUT2D eigenvalue weighted by Gasteiger charge is 2.37. The monoisotopic (exact) mass is 240 g/mol. The molecule has 1 fully saturated rings. The van der Waals surface area contributed by atoms with Crippen molar-refractivity contribution in [2.75, 3.05) is 6.61 Å². The van der Waals surface area contributed by atoms with Crippen molar-refractivity contribution in [1.82, 2.24) is 0 Å². The summed E-state index contributed by atoms with van der Waals surface area (Å²) in [5.74, 6) is 0.574. The maximum atomic E-state index is 9.72. The largest absolute Gasteiger partial charge is 0.462 e. The van der Waals surface area contributed by atoms with E-state index in [4.69, 9.17) is 14.6 Å². The van der Waals surface area contributed by atoms with Crippen molar-refractivity contribution in [2.24, 2.45) is 0 Å². The highest BCUT2D eigenvalue weighted by atomic mass is 16.7. The molecule has 0 radical (unpaired) electrons. The van der Waals surface area contributed by atoms with Crippen molar-refractivity contribution >= 4 is 0 Å². The van der Waals surface area contributed by atoms with Crippen LogP contribution < -0.4 is 4.74 Å². The first kappa shape index (κ1) is 12.3. The zero-order chi connectivity index (χ0) is 12.3. The predicted octanol–water partition coefficient (Wildman–Crippen LogP) is -0.106. The Morgan fingerprint density at radius 1 is 1.18 bits per heavy atom. The first-order valence-corrected chi connectivity index (χ1v) is 5.55.